The number of aromatic nitrogens is 5. The van der Waals surface area contributed by atoms with Crippen molar-refractivity contribution in [2.24, 2.45) is 0 Å². The van der Waals surface area contributed by atoms with Gasteiger partial charge in [0.05, 0.1) is 24.5 Å². The van der Waals surface area contributed by atoms with Gasteiger partial charge in [0.1, 0.15) is 11.5 Å². The lowest BCUT2D eigenvalue weighted by Gasteiger charge is -2.34. The Morgan fingerprint density at radius 2 is 2.12 bits per heavy atom. The molecule has 24 heavy (non-hydrogen) atoms. The molecule has 1 aliphatic heterocycles. The molecule has 7 nitrogen and oxygen atoms in total. The second-order valence-electron chi connectivity index (χ2n) is 5.85. The normalized spacial score (nSPS) is 16.9. The number of nitrogens with zero attached hydrogens (tertiary/aromatic N) is 6. The van der Waals surface area contributed by atoms with Crippen molar-refractivity contribution in [1.29, 1.82) is 0 Å². The van der Waals surface area contributed by atoms with Gasteiger partial charge in [-0.15, -0.1) is 0 Å². The predicted molar refractivity (Wildman–Crippen MR) is 87.2 cm³/mol. The van der Waals surface area contributed by atoms with Gasteiger partial charge in [-0.3, -0.25) is 14.5 Å². The molecule has 0 saturated heterocycles. The number of rotatable bonds is 3. The third-order valence-electron chi connectivity index (χ3n) is 4.40. The van der Waals surface area contributed by atoms with Gasteiger partial charge in [0.25, 0.3) is 5.91 Å². The lowest BCUT2D eigenvalue weighted by molar-refractivity contribution is 0.0630. The minimum atomic E-state index is -0.0837. The predicted octanol–water partition coefficient (Wildman–Crippen LogP) is 1.74. The maximum Gasteiger partial charge on any atom is 0.273 e. The Hall–Kier alpha value is -2.96. The maximum atomic E-state index is 12.7. The molecule has 0 radical (unpaired) electrons. The minimum Gasteiger partial charge on any atom is -0.327 e. The molecule has 0 N–H and O–H groups in total. The summed E-state index contributed by atoms with van der Waals surface area (Å²) in [5, 5.41) is 4.24. The fourth-order valence-corrected chi connectivity index (χ4v) is 3.16. The van der Waals surface area contributed by atoms with E-state index in [2.05, 4.69) is 19.6 Å². The first kappa shape index (κ1) is 14.6. The summed E-state index contributed by atoms with van der Waals surface area (Å²) in [6.07, 6.45) is 7.22. The van der Waals surface area contributed by atoms with Gasteiger partial charge in [0, 0.05) is 31.7 Å². The molecular weight excluding hydrogens is 304 g/mol. The lowest BCUT2D eigenvalue weighted by atomic mass is 10.2. The molecule has 4 rings (SSSR count). The highest BCUT2D eigenvalue weighted by Gasteiger charge is 2.31. The van der Waals surface area contributed by atoms with E-state index >= 15 is 0 Å². The molecule has 1 atom stereocenters. The molecule has 1 aliphatic rings. The summed E-state index contributed by atoms with van der Waals surface area (Å²) in [7, 11) is 0. The molecule has 3 aromatic heterocycles. The number of amides is 1. The number of carbonyl (C=O) groups excluding carboxylic acids is 1. The van der Waals surface area contributed by atoms with Gasteiger partial charge in [-0.25, -0.2) is 4.98 Å². The summed E-state index contributed by atoms with van der Waals surface area (Å²) >= 11 is 0. The van der Waals surface area contributed by atoms with E-state index in [1.807, 2.05) is 47.1 Å². The van der Waals surface area contributed by atoms with E-state index < -0.39 is 0 Å². The summed E-state index contributed by atoms with van der Waals surface area (Å²) in [4.78, 5) is 23.3. The Labute approximate surface area is 139 Å². The van der Waals surface area contributed by atoms with E-state index in [4.69, 9.17) is 0 Å². The van der Waals surface area contributed by atoms with Crippen molar-refractivity contribution in [2.75, 3.05) is 6.54 Å². The van der Waals surface area contributed by atoms with Gasteiger partial charge in [0.15, 0.2) is 0 Å². The van der Waals surface area contributed by atoms with Crippen LogP contribution < -0.4 is 0 Å². The Bertz CT molecular complexity index is 839. The van der Waals surface area contributed by atoms with Crippen molar-refractivity contribution in [3.8, 4) is 0 Å². The molecule has 7 heteroatoms. The smallest absolute Gasteiger partial charge is 0.273 e. The first-order valence-corrected chi connectivity index (χ1v) is 7.98. The highest BCUT2D eigenvalue weighted by Crippen LogP contribution is 2.26. The van der Waals surface area contributed by atoms with Crippen molar-refractivity contribution in [1.82, 2.24) is 29.2 Å². The second kappa shape index (κ2) is 5.92. The maximum absolute atomic E-state index is 12.7. The van der Waals surface area contributed by atoms with Gasteiger partial charge in [-0.1, -0.05) is 6.07 Å². The van der Waals surface area contributed by atoms with Crippen molar-refractivity contribution in [2.45, 2.75) is 26.1 Å². The van der Waals surface area contributed by atoms with Gasteiger partial charge < -0.3 is 9.47 Å². The molecule has 0 bridgehead atoms. The van der Waals surface area contributed by atoms with Crippen LogP contribution in [-0.2, 0) is 13.1 Å². The SMILES string of the molecule is C[C@@H]1c2ncc(Cn3cccn3)n2CCN1C(=O)c1ccccn1. The molecule has 0 unspecified atom stereocenters. The van der Waals surface area contributed by atoms with Gasteiger partial charge in [0.2, 0.25) is 0 Å². The number of carbonyl (C=O) groups is 1. The fraction of sp³-hybridized carbons (Fsp3) is 0.294. The zero-order valence-corrected chi connectivity index (χ0v) is 13.4. The second-order valence-corrected chi connectivity index (χ2v) is 5.85. The van der Waals surface area contributed by atoms with Crippen LogP contribution in [0.5, 0.6) is 0 Å². The third kappa shape index (κ3) is 2.47. The fourth-order valence-electron chi connectivity index (χ4n) is 3.16. The Morgan fingerprint density at radius 3 is 2.88 bits per heavy atom. The van der Waals surface area contributed by atoms with Crippen LogP contribution in [0, 0.1) is 0 Å². The zero-order chi connectivity index (χ0) is 16.5. The van der Waals surface area contributed by atoms with Crippen LogP contribution in [0.25, 0.3) is 0 Å². The molecule has 0 spiro atoms. The molecule has 1 amide bonds. The van der Waals surface area contributed by atoms with Gasteiger partial charge >= 0.3 is 0 Å². The molecule has 0 saturated carbocycles. The van der Waals surface area contributed by atoms with Crippen molar-refractivity contribution >= 4 is 5.91 Å². The Kier molecular flexibility index (Phi) is 3.60. The Balaban J connectivity index is 1.58. The van der Waals surface area contributed by atoms with Crippen LogP contribution in [-0.4, -0.2) is 41.7 Å². The van der Waals surface area contributed by atoms with E-state index in [1.54, 1.807) is 18.5 Å². The number of hydrogen-bond donors (Lipinski definition) is 0. The van der Waals surface area contributed by atoms with Crippen LogP contribution >= 0.6 is 0 Å². The lowest BCUT2D eigenvalue weighted by Crippen LogP contribution is -2.41. The van der Waals surface area contributed by atoms with Crippen LogP contribution in [0.2, 0.25) is 0 Å². The van der Waals surface area contributed by atoms with Gasteiger partial charge in [-0.05, 0) is 25.1 Å². The van der Waals surface area contributed by atoms with E-state index in [0.717, 1.165) is 18.1 Å². The zero-order valence-electron chi connectivity index (χ0n) is 13.4. The molecular formula is C17H18N6O. The first-order valence-electron chi connectivity index (χ1n) is 7.98. The quantitative estimate of drug-likeness (QED) is 0.736. The standard InChI is InChI=1S/C17H18N6O/c1-13-16-19-11-14(12-21-8-4-7-20-21)23(16)10-9-22(13)17(24)15-5-2-3-6-18-15/h2-8,11,13H,9-10,12H2,1H3/t13-/m1/s1. The summed E-state index contributed by atoms with van der Waals surface area (Å²) in [5.41, 5.74) is 1.58. The topological polar surface area (TPSA) is 68.8 Å². The van der Waals surface area contributed by atoms with Crippen LogP contribution in [0.15, 0.2) is 49.1 Å². The molecule has 0 aromatic carbocycles. The molecule has 4 heterocycles. The molecule has 3 aromatic rings. The first-order chi connectivity index (χ1) is 11.7. The molecule has 0 fully saturated rings. The minimum absolute atomic E-state index is 0.0500. The van der Waals surface area contributed by atoms with Crippen molar-refractivity contribution in [3.05, 3.63) is 66.3 Å². The number of hydrogen-bond acceptors (Lipinski definition) is 4. The highest BCUT2D eigenvalue weighted by molar-refractivity contribution is 5.92. The summed E-state index contributed by atoms with van der Waals surface area (Å²) in [6.45, 7) is 4.07. The molecule has 0 aliphatic carbocycles. The monoisotopic (exact) mass is 322 g/mol. The van der Waals surface area contributed by atoms with Crippen LogP contribution in [0.1, 0.15) is 35.0 Å². The Morgan fingerprint density at radius 1 is 1.21 bits per heavy atom. The number of fused-ring (bicyclic) bond motifs is 1. The molecule has 122 valence electrons. The third-order valence-corrected chi connectivity index (χ3v) is 4.40. The summed E-state index contributed by atoms with van der Waals surface area (Å²) < 4.78 is 4.06. The number of imidazole rings is 1. The largest absolute Gasteiger partial charge is 0.327 e. The van der Waals surface area contributed by atoms with Crippen LogP contribution in [0.4, 0.5) is 0 Å². The average Bonchev–Trinajstić information content (AvgIpc) is 3.27. The van der Waals surface area contributed by atoms with Crippen molar-refractivity contribution < 1.29 is 4.79 Å². The summed E-state index contributed by atoms with van der Waals surface area (Å²) in [5.74, 6) is 0.860. The van der Waals surface area contributed by atoms with E-state index in [-0.39, 0.29) is 11.9 Å². The highest BCUT2D eigenvalue weighted by atomic mass is 16.2. The van der Waals surface area contributed by atoms with Gasteiger partial charge in [-0.2, -0.15) is 5.10 Å². The van der Waals surface area contributed by atoms with E-state index in [9.17, 15) is 4.79 Å². The van der Waals surface area contributed by atoms with E-state index in [0.29, 0.717) is 18.8 Å². The van der Waals surface area contributed by atoms with Crippen molar-refractivity contribution in [3.63, 3.8) is 0 Å². The number of pyridine rings is 1. The van der Waals surface area contributed by atoms with E-state index in [1.165, 1.54) is 0 Å². The summed E-state index contributed by atoms with van der Waals surface area (Å²) in [6, 6.07) is 7.21. The van der Waals surface area contributed by atoms with Crippen LogP contribution in [0.3, 0.4) is 0 Å². The average molecular weight is 322 g/mol.